The molecule has 6 heteroatoms. The van der Waals surface area contributed by atoms with Crippen LogP contribution in [0.4, 0.5) is 0 Å². The highest BCUT2D eigenvalue weighted by atomic mass is 35.5. The van der Waals surface area contributed by atoms with Crippen molar-refractivity contribution in [1.82, 2.24) is 5.32 Å². The predicted molar refractivity (Wildman–Crippen MR) is 104 cm³/mol. The minimum absolute atomic E-state index is 0.0569. The molecule has 2 aliphatic rings. The summed E-state index contributed by atoms with van der Waals surface area (Å²) in [6, 6.07) is 5.84. The maximum absolute atomic E-state index is 11.9. The Morgan fingerprint density at radius 3 is 2.88 bits per heavy atom. The Morgan fingerprint density at radius 1 is 1.23 bits per heavy atom. The summed E-state index contributed by atoms with van der Waals surface area (Å²) in [5.41, 5.74) is 1.01. The van der Waals surface area contributed by atoms with Crippen molar-refractivity contribution in [2.75, 3.05) is 19.8 Å². The van der Waals surface area contributed by atoms with Gasteiger partial charge in [-0.15, -0.1) is 0 Å². The molecule has 144 valence electrons. The van der Waals surface area contributed by atoms with Crippen LogP contribution in [0.3, 0.4) is 0 Å². The fourth-order valence-corrected chi connectivity index (χ4v) is 4.23. The first-order chi connectivity index (χ1) is 12.6. The first kappa shape index (κ1) is 19.9. The molecule has 2 aliphatic heterocycles. The highest BCUT2D eigenvalue weighted by Crippen LogP contribution is 2.38. The zero-order valence-electron chi connectivity index (χ0n) is 15.1. The Labute approximate surface area is 165 Å². The number of halogens is 2. The Hall–Kier alpha value is -0.810. The Balaban J connectivity index is 1.66. The number of rotatable bonds is 6. The van der Waals surface area contributed by atoms with E-state index < -0.39 is 0 Å². The lowest BCUT2D eigenvalue weighted by molar-refractivity contribution is -0.163. The second-order valence-electron chi connectivity index (χ2n) is 7.31. The summed E-state index contributed by atoms with van der Waals surface area (Å²) in [6.07, 6.45) is 7.46. The zero-order chi connectivity index (χ0) is 18.4. The third-order valence-electron chi connectivity index (χ3n) is 5.46. The van der Waals surface area contributed by atoms with E-state index in [0.29, 0.717) is 29.6 Å². The second-order valence-corrected chi connectivity index (χ2v) is 8.12. The molecule has 2 atom stereocenters. The van der Waals surface area contributed by atoms with Crippen LogP contribution in [0.25, 0.3) is 0 Å². The molecule has 26 heavy (non-hydrogen) atoms. The normalized spacial score (nSPS) is 27.0. The van der Waals surface area contributed by atoms with Gasteiger partial charge in [0.2, 0.25) is 5.91 Å². The Kier molecular flexibility index (Phi) is 7.21. The summed E-state index contributed by atoms with van der Waals surface area (Å²) in [5.74, 6) is 0.124. The van der Waals surface area contributed by atoms with Gasteiger partial charge in [0.1, 0.15) is 0 Å². The largest absolute Gasteiger partial charge is 0.355 e. The molecule has 1 aromatic rings. The van der Waals surface area contributed by atoms with Crippen molar-refractivity contribution in [1.29, 1.82) is 0 Å². The molecule has 2 fully saturated rings. The number of amides is 1. The summed E-state index contributed by atoms with van der Waals surface area (Å²) in [7, 11) is 0. The van der Waals surface area contributed by atoms with Crippen LogP contribution in [0, 0.1) is 0 Å². The van der Waals surface area contributed by atoms with E-state index in [9.17, 15) is 4.79 Å². The van der Waals surface area contributed by atoms with Gasteiger partial charge in [0.05, 0.1) is 10.0 Å². The Bertz CT molecular complexity index is 619. The van der Waals surface area contributed by atoms with Gasteiger partial charge in [0.25, 0.3) is 0 Å². The van der Waals surface area contributed by atoms with Crippen LogP contribution in [-0.2, 0) is 19.7 Å². The molecular formula is C20H27Cl2NO3. The smallest absolute Gasteiger partial charge is 0.220 e. The van der Waals surface area contributed by atoms with E-state index >= 15 is 0 Å². The van der Waals surface area contributed by atoms with Crippen molar-refractivity contribution in [3.05, 3.63) is 33.8 Å². The number of ether oxygens (including phenoxy) is 2. The first-order valence-corrected chi connectivity index (χ1v) is 10.3. The summed E-state index contributed by atoms with van der Waals surface area (Å²) in [5, 5.41) is 4.20. The van der Waals surface area contributed by atoms with Crippen LogP contribution in [0.5, 0.6) is 0 Å². The molecule has 2 heterocycles. The molecular weight excluding hydrogens is 373 g/mol. The van der Waals surface area contributed by atoms with E-state index in [0.717, 1.165) is 50.7 Å². The number of hydrogen-bond acceptors (Lipinski definition) is 3. The third-order valence-corrected chi connectivity index (χ3v) is 6.20. The molecule has 4 nitrogen and oxygen atoms in total. The summed E-state index contributed by atoms with van der Waals surface area (Å²) < 4.78 is 11.5. The maximum atomic E-state index is 11.9. The van der Waals surface area contributed by atoms with Crippen LogP contribution in [0.2, 0.25) is 10.0 Å². The van der Waals surface area contributed by atoms with Gasteiger partial charge in [0.15, 0.2) is 6.29 Å². The standard InChI is InChI=1S/C20H27Cl2NO3/c21-16-8-7-15(13-17(16)22)20(9-3-5-18(24)23-14-20)10-4-12-26-19-6-1-2-11-25-19/h7-8,13,19H,1-6,9-12,14H2,(H,23,24). The number of hydrogen-bond donors (Lipinski definition) is 1. The highest BCUT2D eigenvalue weighted by molar-refractivity contribution is 6.42. The van der Waals surface area contributed by atoms with Gasteiger partial charge in [-0.05, 0) is 62.6 Å². The van der Waals surface area contributed by atoms with Crippen LogP contribution < -0.4 is 5.32 Å². The van der Waals surface area contributed by atoms with Crippen molar-refractivity contribution < 1.29 is 14.3 Å². The second kappa shape index (κ2) is 9.41. The minimum atomic E-state index is -0.128. The molecule has 2 unspecified atom stereocenters. The van der Waals surface area contributed by atoms with Crippen LogP contribution >= 0.6 is 23.2 Å². The van der Waals surface area contributed by atoms with Crippen LogP contribution in [-0.4, -0.2) is 32.0 Å². The monoisotopic (exact) mass is 399 g/mol. The SMILES string of the molecule is O=C1CCCC(CCCOC2CCCCO2)(c2ccc(Cl)c(Cl)c2)CN1. The topological polar surface area (TPSA) is 47.6 Å². The first-order valence-electron chi connectivity index (χ1n) is 9.54. The molecule has 1 N–H and O–H groups in total. The van der Waals surface area contributed by atoms with Crippen molar-refractivity contribution in [2.45, 2.75) is 63.1 Å². The van der Waals surface area contributed by atoms with Gasteiger partial charge >= 0.3 is 0 Å². The summed E-state index contributed by atoms with van der Waals surface area (Å²) >= 11 is 12.4. The van der Waals surface area contributed by atoms with E-state index in [-0.39, 0.29) is 17.6 Å². The summed E-state index contributed by atoms with van der Waals surface area (Å²) in [6.45, 7) is 2.09. The number of nitrogens with one attached hydrogen (secondary N) is 1. The van der Waals surface area contributed by atoms with E-state index in [4.69, 9.17) is 32.7 Å². The lowest BCUT2D eigenvalue weighted by atomic mass is 9.73. The minimum Gasteiger partial charge on any atom is -0.355 e. The van der Waals surface area contributed by atoms with Gasteiger partial charge in [-0.3, -0.25) is 4.79 Å². The fourth-order valence-electron chi connectivity index (χ4n) is 3.93. The molecule has 1 aromatic carbocycles. The number of benzene rings is 1. The molecule has 1 amide bonds. The number of carbonyl (C=O) groups is 1. The summed E-state index contributed by atoms with van der Waals surface area (Å²) in [4.78, 5) is 11.9. The van der Waals surface area contributed by atoms with E-state index in [1.165, 1.54) is 6.42 Å². The lowest BCUT2D eigenvalue weighted by Gasteiger charge is -2.34. The molecule has 0 aliphatic carbocycles. The highest BCUT2D eigenvalue weighted by Gasteiger charge is 2.34. The molecule has 0 saturated carbocycles. The molecule has 0 radical (unpaired) electrons. The molecule has 0 bridgehead atoms. The fraction of sp³-hybridized carbons (Fsp3) is 0.650. The quantitative estimate of drug-likeness (QED) is 0.695. The molecule has 2 saturated heterocycles. The van der Waals surface area contributed by atoms with Crippen LogP contribution in [0.15, 0.2) is 18.2 Å². The average Bonchev–Trinajstić information content (AvgIpc) is 2.84. The van der Waals surface area contributed by atoms with Gasteiger partial charge in [-0.1, -0.05) is 29.3 Å². The van der Waals surface area contributed by atoms with Crippen molar-refractivity contribution in [2.24, 2.45) is 0 Å². The van der Waals surface area contributed by atoms with Crippen molar-refractivity contribution >= 4 is 29.1 Å². The van der Waals surface area contributed by atoms with Gasteiger partial charge in [0, 0.05) is 31.6 Å². The Morgan fingerprint density at radius 2 is 2.12 bits per heavy atom. The predicted octanol–water partition coefficient (Wildman–Crippen LogP) is 4.85. The zero-order valence-corrected chi connectivity index (χ0v) is 16.6. The van der Waals surface area contributed by atoms with Crippen LogP contribution in [0.1, 0.15) is 56.9 Å². The lowest BCUT2D eigenvalue weighted by Crippen LogP contribution is -2.38. The maximum Gasteiger partial charge on any atom is 0.220 e. The molecule has 3 rings (SSSR count). The van der Waals surface area contributed by atoms with Gasteiger partial charge in [-0.25, -0.2) is 0 Å². The molecule has 0 spiro atoms. The van der Waals surface area contributed by atoms with Crippen molar-refractivity contribution in [3.63, 3.8) is 0 Å². The van der Waals surface area contributed by atoms with E-state index in [2.05, 4.69) is 5.32 Å². The van der Waals surface area contributed by atoms with E-state index in [1.807, 2.05) is 18.2 Å². The molecule has 0 aromatic heterocycles. The number of carbonyl (C=O) groups excluding carboxylic acids is 1. The van der Waals surface area contributed by atoms with E-state index in [1.54, 1.807) is 0 Å². The average molecular weight is 400 g/mol. The third kappa shape index (κ3) is 5.13. The van der Waals surface area contributed by atoms with Gasteiger partial charge < -0.3 is 14.8 Å². The van der Waals surface area contributed by atoms with Gasteiger partial charge in [-0.2, -0.15) is 0 Å². The van der Waals surface area contributed by atoms with Crippen molar-refractivity contribution in [3.8, 4) is 0 Å².